The first-order valence-electron chi connectivity index (χ1n) is 17.4. The minimum absolute atomic E-state index is 0.126. The van der Waals surface area contributed by atoms with E-state index in [1.165, 1.54) is 10.8 Å². The van der Waals surface area contributed by atoms with Crippen LogP contribution in [0.1, 0.15) is 84.9 Å². The van der Waals surface area contributed by atoms with Gasteiger partial charge in [0.2, 0.25) is 0 Å². The molecule has 11 nitrogen and oxygen atoms in total. The van der Waals surface area contributed by atoms with Gasteiger partial charge in [-0.1, -0.05) is 36.4 Å². The van der Waals surface area contributed by atoms with Gasteiger partial charge < -0.3 is 28.9 Å². The van der Waals surface area contributed by atoms with Crippen molar-refractivity contribution in [3.8, 4) is 12.1 Å². The number of piperazine rings is 1. The number of hydrogen-bond donors (Lipinski definition) is 0. The predicted molar refractivity (Wildman–Crippen MR) is 188 cm³/mol. The summed E-state index contributed by atoms with van der Waals surface area (Å²) in [4.78, 5) is 42.3. The van der Waals surface area contributed by atoms with Crippen LogP contribution < -0.4 is 14.5 Å². The molecule has 11 heteroatoms. The molecular formula is C38H48N6O5. The number of amides is 1. The van der Waals surface area contributed by atoms with E-state index in [0.717, 1.165) is 35.7 Å². The molecule has 1 aliphatic carbocycles. The third kappa shape index (κ3) is 7.85. The number of fused-ring (bicyclic) bond motifs is 2. The highest BCUT2D eigenvalue weighted by Crippen LogP contribution is 2.41. The normalized spacial score (nSPS) is 19.0. The van der Waals surface area contributed by atoms with Gasteiger partial charge in [0.05, 0.1) is 37.2 Å². The quantitative estimate of drug-likeness (QED) is 0.256. The van der Waals surface area contributed by atoms with Crippen LogP contribution in [0.4, 0.5) is 16.3 Å². The summed E-state index contributed by atoms with van der Waals surface area (Å²) in [6, 6.07) is 16.9. The van der Waals surface area contributed by atoms with Crippen LogP contribution in [0.3, 0.4) is 0 Å². The molecule has 6 rings (SSSR count). The van der Waals surface area contributed by atoms with Crippen molar-refractivity contribution in [2.45, 2.75) is 109 Å². The SMILES string of the molecule is CC(C)(C)OC(=O)CC1(Oc2nc3c(c(N4CCN(C(=O)OC(C)(C)C)[C@@H](CC#N)C4)n2)CCN(c2cccc4ccccc24)C3)CCC1. The Hall–Kier alpha value is -4.59. The van der Waals surface area contributed by atoms with Crippen molar-refractivity contribution in [3.63, 3.8) is 0 Å². The Balaban J connectivity index is 1.33. The molecule has 0 unspecified atom stereocenters. The zero-order valence-corrected chi connectivity index (χ0v) is 29.6. The van der Waals surface area contributed by atoms with Crippen LogP contribution in [0.5, 0.6) is 6.01 Å². The smallest absolute Gasteiger partial charge is 0.410 e. The number of nitrogens with zero attached hydrogens (tertiary/aromatic N) is 6. The summed E-state index contributed by atoms with van der Waals surface area (Å²) in [6.07, 6.45) is 2.96. The summed E-state index contributed by atoms with van der Waals surface area (Å²) in [5.74, 6) is 0.459. The molecule has 1 saturated carbocycles. The molecule has 2 fully saturated rings. The Morgan fingerprint density at radius 2 is 1.67 bits per heavy atom. The molecule has 1 saturated heterocycles. The summed E-state index contributed by atoms with van der Waals surface area (Å²) in [6.45, 7) is 13.8. The fourth-order valence-corrected chi connectivity index (χ4v) is 6.99. The van der Waals surface area contributed by atoms with Gasteiger partial charge in [0.1, 0.15) is 22.6 Å². The maximum absolute atomic E-state index is 13.2. The summed E-state index contributed by atoms with van der Waals surface area (Å²) >= 11 is 0. The van der Waals surface area contributed by atoms with E-state index in [0.29, 0.717) is 45.4 Å². The summed E-state index contributed by atoms with van der Waals surface area (Å²) in [5, 5.41) is 12.1. The highest BCUT2D eigenvalue weighted by molar-refractivity contribution is 5.94. The molecule has 49 heavy (non-hydrogen) atoms. The zero-order chi connectivity index (χ0) is 35.0. The third-order valence-corrected chi connectivity index (χ3v) is 9.33. The van der Waals surface area contributed by atoms with Crippen molar-refractivity contribution in [1.82, 2.24) is 14.9 Å². The number of carbonyl (C=O) groups excluding carboxylic acids is 2. The molecule has 0 bridgehead atoms. The van der Waals surface area contributed by atoms with E-state index in [-0.39, 0.29) is 30.9 Å². The van der Waals surface area contributed by atoms with Gasteiger partial charge in [0, 0.05) is 42.8 Å². The lowest BCUT2D eigenvalue weighted by atomic mass is 9.77. The maximum atomic E-state index is 13.2. The molecule has 0 radical (unpaired) electrons. The number of nitriles is 1. The molecule has 3 heterocycles. The lowest BCUT2D eigenvalue weighted by Crippen LogP contribution is -2.56. The van der Waals surface area contributed by atoms with Crippen LogP contribution in [0.15, 0.2) is 42.5 Å². The van der Waals surface area contributed by atoms with Crippen LogP contribution in [-0.2, 0) is 27.2 Å². The van der Waals surface area contributed by atoms with E-state index in [1.807, 2.05) is 41.5 Å². The first-order chi connectivity index (χ1) is 23.2. The molecule has 1 aromatic heterocycles. The molecule has 1 atom stereocenters. The minimum atomic E-state index is -0.726. The monoisotopic (exact) mass is 668 g/mol. The number of benzene rings is 2. The Morgan fingerprint density at radius 1 is 0.939 bits per heavy atom. The minimum Gasteiger partial charge on any atom is -0.460 e. The van der Waals surface area contributed by atoms with Gasteiger partial charge in [-0.15, -0.1) is 0 Å². The maximum Gasteiger partial charge on any atom is 0.410 e. The van der Waals surface area contributed by atoms with E-state index in [1.54, 1.807) is 4.90 Å². The number of carbonyl (C=O) groups is 2. The van der Waals surface area contributed by atoms with Gasteiger partial charge in [-0.05, 0) is 78.7 Å². The predicted octanol–water partition coefficient (Wildman–Crippen LogP) is 6.57. The Labute approximate surface area is 289 Å². The zero-order valence-electron chi connectivity index (χ0n) is 29.6. The van der Waals surface area contributed by atoms with E-state index < -0.39 is 22.9 Å². The Bertz CT molecular complexity index is 1750. The van der Waals surface area contributed by atoms with E-state index in [4.69, 9.17) is 24.2 Å². The summed E-state index contributed by atoms with van der Waals surface area (Å²) in [5.41, 5.74) is 1.10. The average molecular weight is 669 g/mol. The van der Waals surface area contributed by atoms with Crippen LogP contribution in [0, 0.1) is 11.3 Å². The van der Waals surface area contributed by atoms with Crippen molar-refractivity contribution in [1.29, 1.82) is 5.26 Å². The molecular weight excluding hydrogens is 620 g/mol. The van der Waals surface area contributed by atoms with E-state index >= 15 is 0 Å². The Kier molecular flexibility index (Phi) is 9.36. The molecule has 0 N–H and O–H groups in total. The molecule has 2 aliphatic heterocycles. The molecule has 0 spiro atoms. The third-order valence-electron chi connectivity index (χ3n) is 9.33. The Morgan fingerprint density at radius 3 is 2.37 bits per heavy atom. The van der Waals surface area contributed by atoms with Crippen molar-refractivity contribution < 1.29 is 23.8 Å². The second-order valence-electron chi connectivity index (χ2n) is 15.5. The standard InChI is InChI=1S/C38H48N6O5/c1-36(2,3)47-32(45)23-38(17-10-18-38)48-34-40-30-25-42(31-14-9-12-26-11-7-8-13-28(26)31)20-16-29(30)33(41-34)43-21-22-44(27(24-43)15-19-39)35(46)49-37(4,5)6/h7-9,11-14,27H,10,15-18,20-25H2,1-6H3/t27-/m0/s1. The van der Waals surface area contributed by atoms with Gasteiger partial charge in [0.25, 0.3) is 0 Å². The highest BCUT2D eigenvalue weighted by Gasteiger charge is 2.44. The number of rotatable bonds is 7. The first kappa shape index (κ1) is 34.3. The van der Waals surface area contributed by atoms with Crippen LogP contribution in [0.25, 0.3) is 10.8 Å². The van der Waals surface area contributed by atoms with Gasteiger partial charge in [-0.3, -0.25) is 4.79 Å². The largest absolute Gasteiger partial charge is 0.460 e. The topological polar surface area (TPSA) is 121 Å². The van der Waals surface area contributed by atoms with Crippen LogP contribution in [0.2, 0.25) is 0 Å². The van der Waals surface area contributed by atoms with Crippen LogP contribution >= 0.6 is 0 Å². The second-order valence-corrected chi connectivity index (χ2v) is 15.5. The van der Waals surface area contributed by atoms with Crippen molar-refractivity contribution >= 4 is 34.3 Å². The van der Waals surface area contributed by atoms with Gasteiger partial charge >= 0.3 is 18.1 Å². The van der Waals surface area contributed by atoms with Crippen LogP contribution in [-0.4, -0.2) is 76.0 Å². The van der Waals surface area contributed by atoms with E-state index in [9.17, 15) is 14.9 Å². The fraction of sp³-hybridized carbons (Fsp3) is 0.553. The fourth-order valence-electron chi connectivity index (χ4n) is 6.99. The van der Waals surface area contributed by atoms with E-state index in [2.05, 4.69) is 58.3 Å². The average Bonchev–Trinajstić information content (AvgIpc) is 3.01. The van der Waals surface area contributed by atoms with Gasteiger partial charge in [0.15, 0.2) is 0 Å². The highest BCUT2D eigenvalue weighted by atomic mass is 16.6. The number of aromatic nitrogens is 2. The van der Waals surface area contributed by atoms with Crippen molar-refractivity contribution in [3.05, 3.63) is 53.7 Å². The second kappa shape index (κ2) is 13.4. The molecule has 3 aliphatic rings. The van der Waals surface area contributed by atoms with Crippen molar-refractivity contribution in [2.24, 2.45) is 0 Å². The summed E-state index contributed by atoms with van der Waals surface area (Å²) < 4.78 is 18.0. The van der Waals surface area contributed by atoms with Gasteiger partial charge in [-0.2, -0.15) is 15.2 Å². The molecule has 2 aromatic carbocycles. The van der Waals surface area contributed by atoms with Gasteiger partial charge in [-0.25, -0.2) is 4.79 Å². The molecule has 3 aromatic rings. The summed E-state index contributed by atoms with van der Waals surface area (Å²) in [7, 11) is 0. The number of hydrogen-bond acceptors (Lipinski definition) is 10. The first-order valence-corrected chi connectivity index (χ1v) is 17.4. The lowest BCUT2D eigenvalue weighted by Gasteiger charge is -2.43. The lowest BCUT2D eigenvalue weighted by molar-refractivity contribution is -0.162. The number of esters is 1. The van der Waals surface area contributed by atoms with Crippen molar-refractivity contribution in [2.75, 3.05) is 36.0 Å². The number of anilines is 2. The molecule has 1 amide bonds. The number of ether oxygens (including phenoxy) is 3. The molecule has 260 valence electrons.